The van der Waals surface area contributed by atoms with Gasteiger partial charge in [-0.05, 0) is 50.5 Å². The second-order valence-corrected chi connectivity index (χ2v) is 3.99. The van der Waals surface area contributed by atoms with Gasteiger partial charge in [0.2, 0.25) is 0 Å². The summed E-state index contributed by atoms with van der Waals surface area (Å²) in [4.78, 5) is 0. The summed E-state index contributed by atoms with van der Waals surface area (Å²) in [7, 11) is 0. The molecule has 1 aromatic carbocycles. The fourth-order valence-electron chi connectivity index (χ4n) is 1.31. The molecule has 2 N–H and O–H groups in total. The van der Waals surface area contributed by atoms with Gasteiger partial charge in [-0.2, -0.15) is 0 Å². The number of aryl methyl sites for hydroxylation is 3. The molecule has 1 rings (SSSR count). The Morgan fingerprint density at radius 1 is 1.14 bits per heavy atom. The fraction of sp³-hybridized carbons (Fsp3) is 0.500. The van der Waals surface area contributed by atoms with Gasteiger partial charge in [0.15, 0.2) is 0 Å². The highest BCUT2D eigenvalue weighted by molar-refractivity contribution is 5.40. The normalized spacial score (nSPS) is 12.6. The number of ether oxygens (including phenoxy) is 1. The molecule has 0 spiro atoms. The Kier molecular flexibility index (Phi) is 3.53. The number of hydrogen-bond acceptors (Lipinski definition) is 2. The summed E-state index contributed by atoms with van der Waals surface area (Å²) in [6, 6.07) is 4.30. The van der Waals surface area contributed by atoms with E-state index in [1.807, 2.05) is 6.92 Å². The predicted molar refractivity (Wildman–Crippen MR) is 59.8 cm³/mol. The van der Waals surface area contributed by atoms with E-state index in [1.54, 1.807) is 0 Å². The van der Waals surface area contributed by atoms with Crippen LogP contribution in [0.4, 0.5) is 0 Å². The summed E-state index contributed by atoms with van der Waals surface area (Å²) < 4.78 is 5.61. The van der Waals surface area contributed by atoms with Crippen molar-refractivity contribution in [1.82, 2.24) is 0 Å². The SMILES string of the molecule is Cc1cc(C)c(OC[C@H](C)N)cc1C. The largest absolute Gasteiger partial charge is 0.492 e. The van der Waals surface area contributed by atoms with Gasteiger partial charge in [0.25, 0.3) is 0 Å². The lowest BCUT2D eigenvalue weighted by Crippen LogP contribution is -2.23. The highest BCUT2D eigenvalue weighted by atomic mass is 16.5. The minimum atomic E-state index is 0.0796. The van der Waals surface area contributed by atoms with Gasteiger partial charge >= 0.3 is 0 Å². The van der Waals surface area contributed by atoms with Crippen LogP contribution in [-0.4, -0.2) is 12.6 Å². The van der Waals surface area contributed by atoms with Crippen LogP contribution >= 0.6 is 0 Å². The number of rotatable bonds is 3. The van der Waals surface area contributed by atoms with Crippen molar-refractivity contribution in [1.29, 1.82) is 0 Å². The third kappa shape index (κ3) is 2.74. The second kappa shape index (κ2) is 4.47. The molecule has 0 heterocycles. The van der Waals surface area contributed by atoms with Gasteiger partial charge in [-0.3, -0.25) is 0 Å². The van der Waals surface area contributed by atoms with E-state index >= 15 is 0 Å². The summed E-state index contributed by atoms with van der Waals surface area (Å²) in [6.07, 6.45) is 0. The molecule has 0 unspecified atom stereocenters. The smallest absolute Gasteiger partial charge is 0.122 e. The zero-order chi connectivity index (χ0) is 10.7. The van der Waals surface area contributed by atoms with Crippen LogP contribution in [0.1, 0.15) is 23.6 Å². The molecule has 0 aromatic heterocycles. The lowest BCUT2D eigenvalue weighted by molar-refractivity contribution is 0.294. The molecule has 0 aliphatic rings. The first-order valence-corrected chi connectivity index (χ1v) is 4.97. The molecule has 0 radical (unpaired) electrons. The zero-order valence-corrected chi connectivity index (χ0v) is 9.42. The molecule has 2 heteroatoms. The molecule has 2 nitrogen and oxygen atoms in total. The Balaban J connectivity index is 2.82. The molecule has 0 saturated heterocycles. The van der Waals surface area contributed by atoms with Gasteiger partial charge in [-0.1, -0.05) is 6.07 Å². The Labute approximate surface area is 86.1 Å². The summed E-state index contributed by atoms with van der Waals surface area (Å²) in [5.74, 6) is 0.949. The Morgan fingerprint density at radius 3 is 2.29 bits per heavy atom. The van der Waals surface area contributed by atoms with Crippen LogP contribution < -0.4 is 10.5 Å². The standard InChI is InChI=1S/C12H19NO/c1-8-5-10(3)12(6-9(8)2)14-7-11(4)13/h5-6,11H,7,13H2,1-4H3/t11-/m0/s1. The van der Waals surface area contributed by atoms with E-state index in [1.165, 1.54) is 16.7 Å². The average molecular weight is 193 g/mol. The van der Waals surface area contributed by atoms with Crippen molar-refractivity contribution in [3.8, 4) is 5.75 Å². The second-order valence-electron chi connectivity index (χ2n) is 3.99. The summed E-state index contributed by atoms with van der Waals surface area (Å²) in [5.41, 5.74) is 9.37. The number of hydrogen-bond donors (Lipinski definition) is 1. The van der Waals surface area contributed by atoms with Gasteiger partial charge < -0.3 is 10.5 Å². The molecular weight excluding hydrogens is 174 g/mol. The molecule has 0 aliphatic carbocycles. The van der Waals surface area contributed by atoms with Gasteiger partial charge in [0.05, 0.1) is 0 Å². The number of benzene rings is 1. The minimum absolute atomic E-state index is 0.0796. The molecule has 1 aromatic rings. The van der Waals surface area contributed by atoms with Gasteiger partial charge in [-0.15, -0.1) is 0 Å². The van der Waals surface area contributed by atoms with Crippen molar-refractivity contribution in [2.75, 3.05) is 6.61 Å². The van der Waals surface area contributed by atoms with Crippen molar-refractivity contribution in [3.63, 3.8) is 0 Å². The Hall–Kier alpha value is -1.02. The van der Waals surface area contributed by atoms with E-state index in [9.17, 15) is 0 Å². The molecule has 0 amide bonds. The van der Waals surface area contributed by atoms with Gasteiger partial charge in [0, 0.05) is 6.04 Å². The van der Waals surface area contributed by atoms with Crippen molar-refractivity contribution >= 4 is 0 Å². The van der Waals surface area contributed by atoms with E-state index in [0.717, 1.165) is 5.75 Å². The van der Waals surface area contributed by atoms with E-state index in [-0.39, 0.29) is 6.04 Å². The van der Waals surface area contributed by atoms with Crippen molar-refractivity contribution in [3.05, 3.63) is 28.8 Å². The molecule has 0 bridgehead atoms. The van der Waals surface area contributed by atoms with Crippen LogP contribution in [0.25, 0.3) is 0 Å². The van der Waals surface area contributed by atoms with Crippen molar-refractivity contribution < 1.29 is 4.74 Å². The summed E-state index contributed by atoms with van der Waals surface area (Å²) in [5, 5.41) is 0. The highest BCUT2D eigenvalue weighted by Crippen LogP contribution is 2.22. The lowest BCUT2D eigenvalue weighted by Gasteiger charge is -2.13. The Morgan fingerprint density at radius 2 is 1.71 bits per heavy atom. The van der Waals surface area contributed by atoms with Crippen molar-refractivity contribution in [2.24, 2.45) is 5.73 Å². The first-order chi connectivity index (χ1) is 6.50. The first kappa shape index (κ1) is 11.1. The van der Waals surface area contributed by atoms with Gasteiger partial charge in [0.1, 0.15) is 12.4 Å². The molecule has 78 valence electrons. The average Bonchev–Trinajstić information content (AvgIpc) is 2.09. The van der Waals surface area contributed by atoms with E-state index in [0.29, 0.717) is 6.61 Å². The summed E-state index contributed by atoms with van der Waals surface area (Å²) in [6.45, 7) is 8.77. The van der Waals surface area contributed by atoms with Gasteiger partial charge in [-0.25, -0.2) is 0 Å². The maximum atomic E-state index is 5.63. The molecule has 0 aliphatic heterocycles. The topological polar surface area (TPSA) is 35.2 Å². The Bertz CT molecular complexity index is 318. The van der Waals surface area contributed by atoms with Crippen LogP contribution in [0.5, 0.6) is 5.75 Å². The zero-order valence-electron chi connectivity index (χ0n) is 9.42. The molecule has 0 fully saturated rings. The van der Waals surface area contributed by atoms with E-state index < -0.39 is 0 Å². The maximum Gasteiger partial charge on any atom is 0.122 e. The van der Waals surface area contributed by atoms with E-state index in [2.05, 4.69) is 32.9 Å². The van der Waals surface area contributed by atoms with Crippen LogP contribution in [-0.2, 0) is 0 Å². The van der Waals surface area contributed by atoms with Crippen molar-refractivity contribution in [2.45, 2.75) is 33.7 Å². The van der Waals surface area contributed by atoms with E-state index in [4.69, 9.17) is 10.5 Å². The molecule has 0 saturated carbocycles. The predicted octanol–water partition coefficient (Wildman–Crippen LogP) is 2.34. The molecule has 14 heavy (non-hydrogen) atoms. The molecular formula is C12H19NO. The van der Waals surface area contributed by atoms with Crippen LogP contribution in [0.3, 0.4) is 0 Å². The number of nitrogens with two attached hydrogens (primary N) is 1. The quantitative estimate of drug-likeness (QED) is 0.799. The first-order valence-electron chi connectivity index (χ1n) is 4.97. The van der Waals surface area contributed by atoms with Crippen LogP contribution in [0.15, 0.2) is 12.1 Å². The van der Waals surface area contributed by atoms with Crippen LogP contribution in [0.2, 0.25) is 0 Å². The molecule has 1 atom stereocenters. The highest BCUT2D eigenvalue weighted by Gasteiger charge is 2.03. The third-order valence-corrected chi connectivity index (χ3v) is 2.29. The minimum Gasteiger partial charge on any atom is -0.492 e. The monoisotopic (exact) mass is 193 g/mol. The fourth-order valence-corrected chi connectivity index (χ4v) is 1.31. The summed E-state index contributed by atoms with van der Waals surface area (Å²) >= 11 is 0. The maximum absolute atomic E-state index is 5.63. The lowest BCUT2D eigenvalue weighted by atomic mass is 10.1. The van der Waals surface area contributed by atoms with Crippen LogP contribution in [0, 0.1) is 20.8 Å². The third-order valence-electron chi connectivity index (χ3n) is 2.29.